The van der Waals surface area contributed by atoms with Crippen LogP contribution in [0.3, 0.4) is 0 Å². The van der Waals surface area contributed by atoms with E-state index in [0.717, 1.165) is 17.0 Å². The third-order valence-corrected chi connectivity index (χ3v) is 6.77. The lowest BCUT2D eigenvalue weighted by atomic mass is 9.96. The number of carbonyl (C=O) groups excluding carboxylic acids is 3. The standard InChI is InChI=1S/C25H28N4O6/c1-14(30)26-15-4-5-20-17(12-15)23(31)28-25(35-20)8-10-29(11-9-25)24(32)18-13-16-19(33-2)6-7-21(34-3)22(16)27-18/h4-7,12,18,27H,8-11,13H2,1-3H3,(H,26,30)(H,28,31). The van der Waals surface area contributed by atoms with Gasteiger partial charge in [-0.3, -0.25) is 14.4 Å². The predicted octanol–water partition coefficient (Wildman–Crippen LogP) is 2.14. The van der Waals surface area contributed by atoms with E-state index in [1.165, 1.54) is 6.92 Å². The van der Waals surface area contributed by atoms with E-state index in [-0.39, 0.29) is 17.7 Å². The summed E-state index contributed by atoms with van der Waals surface area (Å²) in [7, 11) is 3.21. The molecule has 0 bridgehead atoms. The summed E-state index contributed by atoms with van der Waals surface area (Å²) in [6.07, 6.45) is 1.43. The highest BCUT2D eigenvalue weighted by molar-refractivity contribution is 6.00. The molecule has 2 aromatic carbocycles. The van der Waals surface area contributed by atoms with Crippen LogP contribution >= 0.6 is 0 Å². The van der Waals surface area contributed by atoms with Crippen molar-refractivity contribution in [3.8, 4) is 17.2 Å². The molecule has 10 heteroatoms. The molecule has 3 aliphatic rings. The Kier molecular flexibility index (Phi) is 5.66. The van der Waals surface area contributed by atoms with Gasteiger partial charge in [-0.2, -0.15) is 0 Å². The number of anilines is 2. The molecule has 1 unspecified atom stereocenters. The number of likely N-dealkylation sites (tertiary alicyclic amines) is 1. The monoisotopic (exact) mass is 480 g/mol. The van der Waals surface area contributed by atoms with Gasteiger partial charge in [-0.15, -0.1) is 0 Å². The van der Waals surface area contributed by atoms with Crippen LogP contribution in [0.4, 0.5) is 11.4 Å². The number of piperidine rings is 1. The number of nitrogens with zero attached hydrogens (tertiary/aromatic N) is 1. The summed E-state index contributed by atoms with van der Waals surface area (Å²) >= 11 is 0. The van der Waals surface area contributed by atoms with Crippen LogP contribution in [0, 0.1) is 0 Å². The number of nitrogens with one attached hydrogen (secondary N) is 3. The van der Waals surface area contributed by atoms with Crippen molar-refractivity contribution in [3.63, 3.8) is 0 Å². The van der Waals surface area contributed by atoms with Crippen LogP contribution in [0.1, 0.15) is 35.7 Å². The van der Waals surface area contributed by atoms with E-state index >= 15 is 0 Å². The summed E-state index contributed by atoms with van der Waals surface area (Å²) in [6, 6.07) is 8.25. The van der Waals surface area contributed by atoms with Crippen LogP contribution in [0.5, 0.6) is 17.2 Å². The zero-order valence-electron chi connectivity index (χ0n) is 19.9. The van der Waals surface area contributed by atoms with E-state index in [9.17, 15) is 14.4 Å². The van der Waals surface area contributed by atoms with Crippen LogP contribution in [0.15, 0.2) is 30.3 Å². The highest BCUT2D eigenvalue weighted by Crippen LogP contribution is 2.41. The first-order chi connectivity index (χ1) is 16.8. The molecule has 1 saturated heterocycles. The van der Waals surface area contributed by atoms with Crippen molar-refractivity contribution in [3.05, 3.63) is 41.5 Å². The molecule has 3 aliphatic heterocycles. The fourth-order valence-corrected chi connectivity index (χ4v) is 5.03. The van der Waals surface area contributed by atoms with E-state index in [4.69, 9.17) is 14.2 Å². The van der Waals surface area contributed by atoms with Gasteiger partial charge in [0.15, 0.2) is 5.72 Å². The Hall–Kier alpha value is -3.95. The third-order valence-electron chi connectivity index (χ3n) is 6.77. The van der Waals surface area contributed by atoms with Gasteiger partial charge in [-0.05, 0) is 30.3 Å². The number of fused-ring (bicyclic) bond motifs is 2. The van der Waals surface area contributed by atoms with Gasteiger partial charge in [0.1, 0.15) is 23.3 Å². The van der Waals surface area contributed by atoms with Gasteiger partial charge >= 0.3 is 0 Å². The molecule has 35 heavy (non-hydrogen) atoms. The molecule has 3 amide bonds. The molecule has 1 spiro atoms. The zero-order chi connectivity index (χ0) is 24.7. The van der Waals surface area contributed by atoms with Gasteiger partial charge in [0, 0.05) is 50.5 Å². The van der Waals surface area contributed by atoms with Crippen LogP contribution in [-0.4, -0.2) is 61.7 Å². The molecular weight excluding hydrogens is 452 g/mol. The van der Waals surface area contributed by atoms with Crippen LogP contribution in [0.25, 0.3) is 0 Å². The van der Waals surface area contributed by atoms with Crippen molar-refractivity contribution < 1.29 is 28.6 Å². The minimum absolute atomic E-state index is 0.0114. The van der Waals surface area contributed by atoms with Gasteiger partial charge in [0.25, 0.3) is 5.91 Å². The number of ether oxygens (including phenoxy) is 3. The summed E-state index contributed by atoms with van der Waals surface area (Å²) in [4.78, 5) is 39.3. The molecule has 184 valence electrons. The molecule has 3 heterocycles. The smallest absolute Gasteiger partial charge is 0.258 e. The molecule has 3 N–H and O–H groups in total. The van der Waals surface area contributed by atoms with E-state index in [1.54, 1.807) is 37.3 Å². The van der Waals surface area contributed by atoms with Crippen LogP contribution < -0.4 is 30.2 Å². The SMILES string of the molecule is COc1ccc(OC)c2c1CC(C(=O)N1CCC3(CC1)NC(=O)c1cc(NC(C)=O)ccc1O3)N2. The van der Waals surface area contributed by atoms with Crippen molar-refractivity contribution in [1.29, 1.82) is 0 Å². The first-order valence-corrected chi connectivity index (χ1v) is 11.5. The molecule has 2 aromatic rings. The average Bonchev–Trinajstić information content (AvgIpc) is 3.29. The number of amides is 3. The van der Waals surface area contributed by atoms with Crippen molar-refractivity contribution >= 4 is 29.1 Å². The molecule has 1 fully saturated rings. The van der Waals surface area contributed by atoms with Gasteiger partial charge < -0.3 is 35.1 Å². The van der Waals surface area contributed by atoms with Crippen molar-refractivity contribution in [2.45, 2.75) is 38.0 Å². The Morgan fingerprint density at radius 3 is 2.51 bits per heavy atom. The lowest BCUT2D eigenvalue weighted by Gasteiger charge is -2.45. The van der Waals surface area contributed by atoms with Gasteiger partial charge in [-0.25, -0.2) is 0 Å². The second kappa shape index (κ2) is 8.68. The van der Waals surface area contributed by atoms with Gasteiger partial charge in [0.2, 0.25) is 11.8 Å². The van der Waals surface area contributed by atoms with E-state index < -0.39 is 11.8 Å². The summed E-state index contributed by atoms with van der Waals surface area (Å²) in [5.74, 6) is 1.38. The molecule has 0 aliphatic carbocycles. The van der Waals surface area contributed by atoms with E-state index in [1.807, 2.05) is 12.1 Å². The molecule has 0 saturated carbocycles. The lowest BCUT2D eigenvalue weighted by Crippen LogP contribution is -2.62. The number of hydrogen-bond acceptors (Lipinski definition) is 7. The topological polar surface area (TPSA) is 118 Å². The summed E-state index contributed by atoms with van der Waals surface area (Å²) in [6.45, 7) is 2.30. The number of benzene rings is 2. The van der Waals surface area contributed by atoms with Crippen molar-refractivity contribution in [2.24, 2.45) is 0 Å². The molecule has 5 rings (SSSR count). The molecule has 0 aromatic heterocycles. The van der Waals surface area contributed by atoms with Crippen molar-refractivity contribution in [2.75, 3.05) is 37.9 Å². The maximum absolute atomic E-state index is 13.3. The second-order valence-corrected chi connectivity index (χ2v) is 8.99. The van der Waals surface area contributed by atoms with Gasteiger partial charge in [0.05, 0.1) is 25.5 Å². The maximum Gasteiger partial charge on any atom is 0.258 e. The number of carbonyl (C=O) groups is 3. The highest BCUT2D eigenvalue weighted by atomic mass is 16.5. The van der Waals surface area contributed by atoms with E-state index in [2.05, 4.69) is 16.0 Å². The fraction of sp³-hybridized carbons (Fsp3) is 0.400. The van der Waals surface area contributed by atoms with Crippen LogP contribution in [0.2, 0.25) is 0 Å². The largest absolute Gasteiger partial charge is 0.496 e. The Labute approximate surface area is 202 Å². The Bertz CT molecular complexity index is 1170. The fourth-order valence-electron chi connectivity index (χ4n) is 5.03. The summed E-state index contributed by atoms with van der Waals surface area (Å²) in [5, 5.41) is 8.96. The van der Waals surface area contributed by atoms with E-state index in [0.29, 0.717) is 55.1 Å². The predicted molar refractivity (Wildman–Crippen MR) is 128 cm³/mol. The molecule has 1 atom stereocenters. The normalized spacial score (nSPS) is 19.6. The minimum Gasteiger partial charge on any atom is -0.496 e. The lowest BCUT2D eigenvalue weighted by molar-refractivity contribution is -0.136. The quantitative estimate of drug-likeness (QED) is 0.614. The number of hydrogen-bond donors (Lipinski definition) is 3. The second-order valence-electron chi connectivity index (χ2n) is 8.99. The summed E-state index contributed by atoms with van der Waals surface area (Å²) in [5.41, 5.74) is 1.75. The van der Waals surface area contributed by atoms with Crippen LogP contribution in [-0.2, 0) is 16.0 Å². The average molecular weight is 481 g/mol. The zero-order valence-corrected chi connectivity index (χ0v) is 19.9. The Morgan fingerprint density at radius 2 is 1.83 bits per heavy atom. The molecule has 0 radical (unpaired) electrons. The first kappa shape index (κ1) is 22.8. The molecule has 10 nitrogen and oxygen atoms in total. The Balaban J connectivity index is 1.26. The van der Waals surface area contributed by atoms with Crippen molar-refractivity contribution in [1.82, 2.24) is 10.2 Å². The Morgan fingerprint density at radius 1 is 1.11 bits per heavy atom. The molecular formula is C25H28N4O6. The minimum atomic E-state index is -0.866. The highest BCUT2D eigenvalue weighted by Gasteiger charge is 2.44. The number of rotatable bonds is 4. The maximum atomic E-state index is 13.3. The third kappa shape index (κ3) is 4.09. The first-order valence-electron chi connectivity index (χ1n) is 11.5. The number of methoxy groups -OCH3 is 2. The summed E-state index contributed by atoms with van der Waals surface area (Å²) < 4.78 is 17.1. The van der Waals surface area contributed by atoms with Gasteiger partial charge in [-0.1, -0.05) is 0 Å².